The average molecular weight is 264 g/mol. The molecule has 0 radical (unpaired) electrons. The van der Waals surface area contributed by atoms with Crippen molar-refractivity contribution in [3.63, 3.8) is 0 Å². The molecule has 106 valence electrons. The van der Waals surface area contributed by atoms with Crippen LogP contribution in [0.3, 0.4) is 0 Å². The summed E-state index contributed by atoms with van der Waals surface area (Å²) in [5.41, 5.74) is 8.20. The minimum Gasteiger partial charge on any atom is -0.376 e. The highest BCUT2D eigenvalue weighted by atomic mass is 16.5. The fourth-order valence-electron chi connectivity index (χ4n) is 2.93. The molecule has 1 fully saturated rings. The second-order valence-corrected chi connectivity index (χ2v) is 6.12. The van der Waals surface area contributed by atoms with E-state index in [0.29, 0.717) is 12.1 Å². The van der Waals surface area contributed by atoms with Crippen LogP contribution in [-0.4, -0.2) is 17.3 Å². The number of nitrogens with two attached hydrogens (primary N) is 1. The van der Waals surface area contributed by atoms with E-state index in [0.717, 1.165) is 30.7 Å². The summed E-state index contributed by atoms with van der Waals surface area (Å²) in [5.74, 6) is 0. The van der Waals surface area contributed by atoms with Crippen LogP contribution in [0.4, 0.5) is 0 Å². The van der Waals surface area contributed by atoms with Crippen LogP contribution in [0, 0.1) is 13.8 Å². The number of aromatic nitrogens is 1. The van der Waals surface area contributed by atoms with Crippen LogP contribution in [0.2, 0.25) is 0 Å². The third-order valence-corrected chi connectivity index (χ3v) is 3.76. The summed E-state index contributed by atoms with van der Waals surface area (Å²) in [6.45, 7) is 9.12. The van der Waals surface area contributed by atoms with E-state index in [9.17, 15) is 4.79 Å². The Balaban J connectivity index is 2.46. The Morgan fingerprint density at radius 1 is 1.47 bits per heavy atom. The molecule has 0 aliphatic carbocycles. The van der Waals surface area contributed by atoms with Crippen molar-refractivity contribution in [3.8, 4) is 0 Å². The maximum absolute atomic E-state index is 12.7. The third-order valence-electron chi connectivity index (χ3n) is 3.76. The van der Waals surface area contributed by atoms with Crippen molar-refractivity contribution in [1.82, 2.24) is 4.57 Å². The fourth-order valence-corrected chi connectivity index (χ4v) is 2.93. The van der Waals surface area contributed by atoms with Crippen LogP contribution in [-0.2, 0) is 16.8 Å². The molecule has 1 aliphatic heterocycles. The number of aryl methyl sites for hydroxylation is 2. The lowest BCUT2D eigenvalue weighted by molar-refractivity contribution is 0.0954. The molecular weight excluding hydrogens is 240 g/mol. The summed E-state index contributed by atoms with van der Waals surface area (Å²) >= 11 is 0. The highest BCUT2D eigenvalue weighted by molar-refractivity contribution is 5.31. The zero-order chi connectivity index (χ0) is 14.2. The Morgan fingerprint density at radius 2 is 2.16 bits per heavy atom. The molecule has 1 aliphatic rings. The van der Waals surface area contributed by atoms with Crippen LogP contribution in [0.1, 0.15) is 43.5 Å². The molecule has 2 heterocycles. The van der Waals surface area contributed by atoms with E-state index in [2.05, 4.69) is 0 Å². The summed E-state index contributed by atoms with van der Waals surface area (Å²) in [4.78, 5) is 12.7. The zero-order valence-electron chi connectivity index (χ0n) is 12.3. The molecular formula is C15H24N2O2. The van der Waals surface area contributed by atoms with Gasteiger partial charge in [0.1, 0.15) is 0 Å². The van der Waals surface area contributed by atoms with E-state index >= 15 is 0 Å². The zero-order valence-corrected chi connectivity index (χ0v) is 12.3. The molecule has 1 aromatic heterocycles. The van der Waals surface area contributed by atoms with Crippen molar-refractivity contribution < 1.29 is 4.74 Å². The van der Waals surface area contributed by atoms with E-state index in [1.165, 1.54) is 0 Å². The van der Waals surface area contributed by atoms with Gasteiger partial charge in [-0.1, -0.05) is 0 Å². The number of rotatable bonds is 3. The quantitative estimate of drug-likeness (QED) is 0.906. The summed E-state index contributed by atoms with van der Waals surface area (Å²) in [6.07, 6.45) is 2.27. The Morgan fingerprint density at radius 3 is 2.68 bits per heavy atom. The van der Waals surface area contributed by atoms with Gasteiger partial charge < -0.3 is 15.0 Å². The maximum atomic E-state index is 12.7. The van der Waals surface area contributed by atoms with Gasteiger partial charge in [-0.15, -0.1) is 0 Å². The van der Waals surface area contributed by atoms with Gasteiger partial charge in [-0.25, -0.2) is 0 Å². The molecule has 4 nitrogen and oxygen atoms in total. The van der Waals surface area contributed by atoms with Gasteiger partial charge in [0.25, 0.3) is 5.56 Å². The first-order valence-corrected chi connectivity index (χ1v) is 6.92. The molecule has 0 aromatic carbocycles. The standard InChI is InChI=1S/C15H24N2O2/c1-10-8-11(2)17(9-12-6-5-7-19-12)14(18)13(10)15(3,4)16/h8,12H,5-7,9,16H2,1-4H3. The van der Waals surface area contributed by atoms with Gasteiger partial charge in [0, 0.05) is 23.4 Å². The van der Waals surface area contributed by atoms with Gasteiger partial charge in [-0.3, -0.25) is 4.79 Å². The summed E-state index contributed by atoms with van der Waals surface area (Å²) < 4.78 is 7.44. The molecule has 0 saturated carbocycles. The Labute approximate surface area is 114 Å². The summed E-state index contributed by atoms with van der Waals surface area (Å²) in [7, 11) is 0. The molecule has 0 amide bonds. The van der Waals surface area contributed by atoms with Crippen molar-refractivity contribution >= 4 is 0 Å². The molecule has 1 unspecified atom stereocenters. The molecule has 4 heteroatoms. The van der Waals surface area contributed by atoms with E-state index in [-0.39, 0.29) is 11.7 Å². The second kappa shape index (κ2) is 5.10. The van der Waals surface area contributed by atoms with Crippen molar-refractivity contribution in [2.75, 3.05) is 6.61 Å². The molecule has 19 heavy (non-hydrogen) atoms. The van der Waals surface area contributed by atoms with Crippen molar-refractivity contribution in [3.05, 3.63) is 33.2 Å². The summed E-state index contributed by atoms with van der Waals surface area (Å²) in [5, 5.41) is 0. The predicted octanol–water partition coefficient (Wildman–Crippen LogP) is 1.84. The van der Waals surface area contributed by atoms with Gasteiger partial charge >= 0.3 is 0 Å². The molecule has 0 bridgehead atoms. The third kappa shape index (κ3) is 2.90. The minimum atomic E-state index is -0.618. The lowest BCUT2D eigenvalue weighted by Gasteiger charge is -2.24. The number of ether oxygens (including phenoxy) is 1. The molecule has 2 rings (SSSR count). The number of pyridine rings is 1. The molecule has 1 atom stereocenters. The molecule has 1 saturated heterocycles. The minimum absolute atomic E-state index is 0.0282. The molecule has 0 spiro atoms. The summed E-state index contributed by atoms with van der Waals surface area (Å²) in [6, 6.07) is 2.04. The van der Waals surface area contributed by atoms with E-state index in [1.807, 2.05) is 38.3 Å². The topological polar surface area (TPSA) is 57.2 Å². The monoisotopic (exact) mass is 264 g/mol. The van der Waals surface area contributed by atoms with Crippen LogP contribution in [0.25, 0.3) is 0 Å². The highest BCUT2D eigenvalue weighted by Crippen LogP contribution is 2.20. The van der Waals surface area contributed by atoms with E-state index in [4.69, 9.17) is 10.5 Å². The molecule has 2 N–H and O–H groups in total. The van der Waals surface area contributed by atoms with Gasteiger partial charge in [0.15, 0.2) is 0 Å². The fraction of sp³-hybridized carbons (Fsp3) is 0.667. The Bertz CT molecular complexity index is 520. The lowest BCUT2D eigenvalue weighted by Crippen LogP contribution is -2.41. The predicted molar refractivity (Wildman–Crippen MR) is 76.4 cm³/mol. The molecule has 1 aromatic rings. The van der Waals surface area contributed by atoms with Crippen molar-refractivity contribution in [1.29, 1.82) is 0 Å². The van der Waals surface area contributed by atoms with Gasteiger partial charge in [0.05, 0.1) is 12.6 Å². The normalized spacial score (nSPS) is 19.9. The Hall–Kier alpha value is -1.13. The Kier molecular flexibility index (Phi) is 3.83. The van der Waals surface area contributed by atoms with Crippen LogP contribution < -0.4 is 11.3 Å². The van der Waals surface area contributed by atoms with Crippen LogP contribution in [0.5, 0.6) is 0 Å². The van der Waals surface area contributed by atoms with Gasteiger partial charge in [0.2, 0.25) is 0 Å². The maximum Gasteiger partial charge on any atom is 0.256 e. The first kappa shape index (κ1) is 14.3. The smallest absolute Gasteiger partial charge is 0.256 e. The first-order valence-electron chi connectivity index (χ1n) is 6.92. The van der Waals surface area contributed by atoms with Crippen LogP contribution in [0.15, 0.2) is 10.9 Å². The van der Waals surface area contributed by atoms with Crippen molar-refractivity contribution in [2.24, 2.45) is 5.73 Å². The number of hydrogen-bond acceptors (Lipinski definition) is 3. The number of nitrogens with zero attached hydrogens (tertiary/aromatic N) is 1. The van der Waals surface area contributed by atoms with Crippen LogP contribution >= 0.6 is 0 Å². The first-order chi connectivity index (χ1) is 8.80. The van der Waals surface area contributed by atoms with Crippen molar-refractivity contribution in [2.45, 2.75) is 58.7 Å². The highest BCUT2D eigenvalue weighted by Gasteiger charge is 2.24. The lowest BCUT2D eigenvalue weighted by atomic mass is 9.92. The van der Waals surface area contributed by atoms with Gasteiger partial charge in [-0.05, 0) is 52.2 Å². The SMILES string of the molecule is Cc1cc(C)n(CC2CCCO2)c(=O)c1C(C)(C)N. The second-order valence-electron chi connectivity index (χ2n) is 6.12. The largest absolute Gasteiger partial charge is 0.376 e. The van der Waals surface area contributed by atoms with Gasteiger partial charge in [-0.2, -0.15) is 0 Å². The average Bonchev–Trinajstić information content (AvgIpc) is 2.74. The van der Waals surface area contributed by atoms with E-state index in [1.54, 1.807) is 0 Å². The number of hydrogen-bond donors (Lipinski definition) is 1. The van der Waals surface area contributed by atoms with E-state index < -0.39 is 5.54 Å².